The molecule has 0 unspecified atom stereocenters. The molecule has 0 aliphatic heterocycles. The summed E-state index contributed by atoms with van der Waals surface area (Å²) in [6.07, 6.45) is 14.7. The van der Waals surface area contributed by atoms with E-state index in [9.17, 15) is 14.7 Å². The molecule has 0 heterocycles. The number of aliphatic carboxylic acids is 1. The Morgan fingerprint density at radius 2 is 1.58 bits per heavy atom. The number of carbonyl (C=O) groups is 2. The highest BCUT2D eigenvalue weighted by Crippen LogP contribution is 2.89. The summed E-state index contributed by atoms with van der Waals surface area (Å²) in [5.41, 5.74) is 1.63. The highest BCUT2D eigenvalue weighted by Gasteiger charge is 2.83. The summed E-state index contributed by atoms with van der Waals surface area (Å²) >= 11 is 0. The molecule has 0 saturated heterocycles. The number of esters is 1. The molecule has 1 N–H and O–H groups in total. The van der Waals surface area contributed by atoms with Gasteiger partial charge in [-0.25, -0.2) is 0 Å². The van der Waals surface area contributed by atoms with Gasteiger partial charge >= 0.3 is 11.9 Å². The zero-order chi connectivity index (χ0) is 26.3. The maximum absolute atomic E-state index is 12.8. The lowest BCUT2D eigenvalue weighted by atomic mass is 9.41. The first-order valence-electron chi connectivity index (χ1n) is 14.8. The van der Waals surface area contributed by atoms with Crippen LogP contribution in [-0.4, -0.2) is 23.1 Å². The molecule has 0 radical (unpaired) electrons. The minimum atomic E-state index is -0.975. The van der Waals surface area contributed by atoms with E-state index in [1.807, 2.05) is 6.92 Å². The van der Waals surface area contributed by atoms with Crippen LogP contribution in [0.25, 0.3) is 0 Å². The van der Waals surface area contributed by atoms with Gasteiger partial charge < -0.3 is 9.84 Å². The fraction of sp³-hybridized carbons (Fsp3) is 0.875. The fourth-order valence-electron chi connectivity index (χ4n) is 11.5. The van der Waals surface area contributed by atoms with E-state index in [1.165, 1.54) is 57.4 Å². The molecule has 5 rings (SSSR count). The topological polar surface area (TPSA) is 63.6 Å². The zero-order valence-corrected chi connectivity index (χ0v) is 23.9. The van der Waals surface area contributed by atoms with Crippen LogP contribution in [-0.2, 0) is 14.3 Å². The lowest BCUT2D eigenvalue weighted by Gasteiger charge is -2.63. The Hall–Kier alpha value is -1.32. The molecule has 0 aromatic carbocycles. The van der Waals surface area contributed by atoms with Crippen molar-refractivity contribution in [1.82, 2.24) is 0 Å². The highest BCUT2D eigenvalue weighted by molar-refractivity contribution is 5.77. The van der Waals surface area contributed by atoms with Crippen LogP contribution in [0.3, 0.4) is 0 Å². The van der Waals surface area contributed by atoms with Gasteiger partial charge in [0.2, 0.25) is 0 Å². The van der Waals surface area contributed by atoms with Crippen molar-refractivity contribution in [2.75, 3.05) is 0 Å². The third-order valence-corrected chi connectivity index (χ3v) is 13.4. The second-order valence-corrected chi connectivity index (χ2v) is 14.7. The molecular weight excluding hydrogens is 448 g/mol. The Morgan fingerprint density at radius 3 is 2.22 bits per heavy atom. The van der Waals surface area contributed by atoms with Gasteiger partial charge in [0.1, 0.15) is 11.5 Å². The molecule has 5 saturated carbocycles. The SMILES string of the molecule is CC(=O)O[C@H]1CC[C@]23C[C@]24CC[C@]2(C)[C@@H]([C@H](C)CCC=C(C)C)CC[C@@]2(C)[C@@H]4CC[C@H]3[C@]1(C)C(=O)O. The summed E-state index contributed by atoms with van der Waals surface area (Å²) in [5, 5.41) is 10.5. The maximum Gasteiger partial charge on any atom is 0.313 e. The van der Waals surface area contributed by atoms with Gasteiger partial charge in [0, 0.05) is 6.92 Å². The van der Waals surface area contributed by atoms with E-state index < -0.39 is 17.5 Å². The third-order valence-electron chi connectivity index (χ3n) is 13.4. The lowest BCUT2D eigenvalue weighted by molar-refractivity contribution is -0.198. The third kappa shape index (κ3) is 3.24. The average molecular weight is 499 g/mol. The Labute approximate surface area is 219 Å². The van der Waals surface area contributed by atoms with E-state index in [0.717, 1.165) is 31.1 Å². The van der Waals surface area contributed by atoms with Gasteiger partial charge in [-0.1, -0.05) is 32.4 Å². The first-order chi connectivity index (χ1) is 16.8. The lowest BCUT2D eigenvalue weighted by Crippen LogP contribution is -2.60. The van der Waals surface area contributed by atoms with Crippen LogP contribution in [0.15, 0.2) is 11.6 Å². The number of carboxylic acid groups (broad SMARTS) is 1. The van der Waals surface area contributed by atoms with Gasteiger partial charge in [0.15, 0.2) is 0 Å². The molecule has 36 heavy (non-hydrogen) atoms. The second kappa shape index (κ2) is 8.34. The molecule has 4 heteroatoms. The molecular formula is C32H50O4. The molecule has 0 aromatic heterocycles. The normalized spacial score (nSPS) is 49.5. The van der Waals surface area contributed by atoms with Crippen LogP contribution in [0.5, 0.6) is 0 Å². The smallest absolute Gasteiger partial charge is 0.313 e. The van der Waals surface area contributed by atoms with Crippen molar-refractivity contribution >= 4 is 11.9 Å². The van der Waals surface area contributed by atoms with Gasteiger partial charge in [-0.15, -0.1) is 0 Å². The molecule has 10 atom stereocenters. The number of hydrogen-bond acceptors (Lipinski definition) is 3. The number of rotatable bonds is 6. The molecule has 5 fully saturated rings. The summed E-state index contributed by atoms with van der Waals surface area (Å²) in [4.78, 5) is 24.7. The van der Waals surface area contributed by atoms with Crippen LogP contribution in [0.4, 0.5) is 0 Å². The van der Waals surface area contributed by atoms with Crippen molar-refractivity contribution in [2.45, 2.75) is 125 Å². The Balaban J connectivity index is 1.42. The monoisotopic (exact) mass is 498 g/mol. The van der Waals surface area contributed by atoms with Crippen molar-refractivity contribution < 1.29 is 19.4 Å². The van der Waals surface area contributed by atoms with Crippen LogP contribution in [0.1, 0.15) is 119 Å². The van der Waals surface area contributed by atoms with Crippen molar-refractivity contribution in [1.29, 1.82) is 0 Å². The van der Waals surface area contributed by atoms with Crippen molar-refractivity contribution in [2.24, 2.45) is 50.7 Å². The number of carbonyl (C=O) groups excluding carboxylic acids is 1. The standard InChI is InChI=1S/C32H50O4/c1-20(2)9-8-10-21(3)23-13-15-29(6)24-11-12-25-30(7,27(34)35)26(36-22(4)33)14-16-31(25)19-32(24,31)18-17-28(23,29)5/h9,21,23-26H,8,10-19H2,1-7H3,(H,34,35)/t21-,23-,24+,25+,26+,28-,29+,30+,31-,32+/m1/s1. The van der Waals surface area contributed by atoms with Crippen molar-refractivity contribution in [3.63, 3.8) is 0 Å². The maximum atomic E-state index is 12.8. The van der Waals surface area contributed by atoms with E-state index in [-0.39, 0.29) is 17.3 Å². The van der Waals surface area contributed by atoms with Gasteiger partial charge in [-0.2, -0.15) is 0 Å². The van der Waals surface area contributed by atoms with E-state index in [0.29, 0.717) is 28.6 Å². The second-order valence-electron chi connectivity index (χ2n) is 14.7. The summed E-state index contributed by atoms with van der Waals surface area (Å²) in [5.74, 6) is 1.25. The minimum Gasteiger partial charge on any atom is -0.481 e. The molecule has 0 amide bonds. The Kier molecular flexibility index (Phi) is 6.09. The van der Waals surface area contributed by atoms with E-state index in [1.54, 1.807) is 0 Å². The van der Waals surface area contributed by atoms with Gasteiger partial charge in [-0.3, -0.25) is 9.59 Å². The molecule has 5 aliphatic rings. The van der Waals surface area contributed by atoms with Crippen LogP contribution >= 0.6 is 0 Å². The van der Waals surface area contributed by atoms with Gasteiger partial charge in [-0.05, 0) is 137 Å². The summed E-state index contributed by atoms with van der Waals surface area (Å²) < 4.78 is 5.68. The van der Waals surface area contributed by atoms with E-state index >= 15 is 0 Å². The molecule has 2 spiro atoms. The first kappa shape index (κ1) is 26.3. The number of allylic oxidation sites excluding steroid dienone is 2. The van der Waals surface area contributed by atoms with Gasteiger partial charge in [0.25, 0.3) is 0 Å². The molecule has 5 aliphatic carbocycles. The molecule has 0 aromatic rings. The van der Waals surface area contributed by atoms with Crippen molar-refractivity contribution in [3.05, 3.63) is 11.6 Å². The molecule has 0 bridgehead atoms. The van der Waals surface area contributed by atoms with Gasteiger partial charge in [0.05, 0.1) is 0 Å². The Bertz CT molecular complexity index is 965. The predicted molar refractivity (Wildman–Crippen MR) is 142 cm³/mol. The van der Waals surface area contributed by atoms with Crippen LogP contribution in [0, 0.1) is 50.7 Å². The molecule has 4 nitrogen and oxygen atoms in total. The van der Waals surface area contributed by atoms with E-state index in [4.69, 9.17) is 4.74 Å². The molecule has 202 valence electrons. The summed E-state index contributed by atoms with van der Waals surface area (Å²) in [7, 11) is 0. The largest absolute Gasteiger partial charge is 0.481 e. The average Bonchev–Trinajstić information content (AvgIpc) is 3.37. The summed E-state index contributed by atoms with van der Waals surface area (Å²) in [6.45, 7) is 15.5. The van der Waals surface area contributed by atoms with E-state index in [2.05, 4.69) is 40.7 Å². The summed E-state index contributed by atoms with van der Waals surface area (Å²) in [6, 6.07) is 0. The predicted octanol–water partition coefficient (Wildman–Crippen LogP) is 7.80. The zero-order valence-electron chi connectivity index (χ0n) is 23.9. The van der Waals surface area contributed by atoms with Crippen molar-refractivity contribution in [3.8, 4) is 0 Å². The van der Waals surface area contributed by atoms with Crippen LogP contribution < -0.4 is 0 Å². The highest BCUT2D eigenvalue weighted by atomic mass is 16.5. The minimum absolute atomic E-state index is 0.116. The number of ether oxygens (including phenoxy) is 1. The number of fused-ring (bicyclic) bond motifs is 2. The fourth-order valence-corrected chi connectivity index (χ4v) is 11.5. The number of hydrogen-bond donors (Lipinski definition) is 1. The quantitative estimate of drug-likeness (QED) is 0.300. The number of carboxylic acids is 1. The first-order valence-corrected chi connectivity index (χ1v) is 14.8. The van der Waals surface area contributed by atoms with Crippen LogP contribution in [0.2, 0.25) is 0 Å². The Morgan fingerprint density at radius 1 is 0.917 bits per heavy atom.